The lowest BCUT2D eigenvalue weighted by molar-refractivity contribution is -0.167. The molecule has 0 bridgehead atoms. The van der Waals surface area contributed by atoms with E-state index in [4.69, 9.17) is 14.2 Å². The van der Waals surface area contributed by atoms with Gasteiger partial charge in [-0.1, -0.05) is 295 Å². The third kappa shape index (κ3) is 62.5. The van der Waals surface area contributed by atoms with E-state index in [1.54, 1.807) is 0 Å². The van der Waals surface area contributed by atoms with Crippen LogP contribution in [0.25, 0.3) is 0 Å². The summed E-state index contributed by atoms with van der Waals surface area (Å²) in [6.07, 6.45) is 80.1. The number of unbranched alkanes of at least 4 members (excludes halogenated alkanes) is 46. The zero-order chi connectivity index (χ0) is 55.0. The highest BCUT2D eigenvalue weighted by Crippen LogP contribution is 2.17. The third-order valence-corrected chi connectivity index (χ3v) is 15.3. The van der Waals surface area contributed by atoms with Crippen molar-refractivity contribution in [2.75, 3.05) is 13.2 Å². The van der Waals surface area contributed by atoms with Crippen LogP contribution in [-0.4, -0.2) is 37.2 Å². The number of carbonyl (C=O) groups is 3. The van der Waals surface area contributed by atoms with Gasteiger partial charge in [0.2, 0.25) is 0 Å². The van der Waals surface area contributed by atoms with Gasteiger partial charge in [-0.3, -0.25) is 14.4 Å². The second kappa shape index (κ2) is 65.2. The molecule has 0 rings (SSSR count). The fourth-order valence-electron chi connectivity index (χ4n) is 10.2. The van der Waals surface area contributed by atoms with E-state index in [-0.39, 0.29) is 31.1 Å². The van der Waals surface area contributed by atoms with Crippen molar-refractivity contribution in [1.29, 1.82) is 0 Å². The SMILES string of the molecule is CCCCCCCC/C=C\CCCCCCCCCCCC(=O)OC(COC(=O)CCCCCCCCC/C=C\CCCCCCCCC)COC(=O)CCCCCCCCCCC/C=C\CCCCCCCCCC. The zero-order valence-electron chi connectivity index (χ0n) is 51.3. The van der Waals surface area contributed by atoms with Gasteiger partial charge >= 0.3 is 17.9 Å². The fourth-order valence-corrected chi connectivity index (χ4v) is 10.2. The molecule has 0 N–H and O–H groups in total. The van der Waals surface area contributed by atoms with Gasteiger partial charge < -0.3 is 14.2 Å². The number of allylic oxidation sites excluding steroid dienone is 6. The highest BCUT2D eigenvalue weighted by Gasteiger charge is 2.19. The van der Waals surface area contributed by atoms with E-state index < -0.39 is 6.10 Å². The molecule has 0 spiro atoms. The number of carbonyl (C=O) groups excluding carboxylic acids is 3. The van der Waals surface area contributed by atoms with Crippen molar-refractivity contribution < 1.29 is 28.6 Å². The van der Waals surface area contributed by atoms with Gasteiger partial charge in [0.05, 0.1) is 0 Å². The second-order valence-corrected chi connectivity index (χ2v) is 23.1. The topological polar surface area (TPSA) is 78.9 Å². The van der Waals surface area contributed by atoms with Crippen molar-refractivity contribution >= 4 is 17.9 Å². The average Bonchev–Trinajstić information content (AvgIpc) is 3.42. The van der Waals surface area contributed by atoms with E-state index in [1.165, 1.54) is 276 Å². The molecule has 0 aromatic carbocycles. The molecule has 0 aliphatic rings. The summed E-state index contributed by atoms with van der Waals surface area (Å²) < 4.78 is 17.0. The molecule has 0 aromatic rings. The van der Waals surface area contributed by atoms with Crippen molar-refractivity contribution in [1.82, 2.24) is 0 Å². The molecule has 0 saturated carbocycles. The summed E-state index contributed by atoms with van der Waals surface area (Å²) >= 11 is 0. The molecule has 0 fully saturated rings. The van der Waals surface area contributed by atoms with Gasteiger partial charge in [0.15, 0.2) is 6.10 Å². The van der Waals surface area contributed by atoms with Crippen LogP contribution in [0.2, 0.25) is 0 Å². The van der Waals surface area contributed by atoms with E-state index in [0.717, 1.165) is 57.8 Å². The van der Waals surface area contributed by atoms with E-state index in [1.807, 2.05) is 0 Å². The fraction of sp³-hybridized carbons (Fsp3) is 0.871. The molecule has 0 amide bonds. The predicted molar refractivity (Wildman–Crippen MR) is 330 cm³/mol. The van der Waals surface area contributed by atoms with Crippen LogP contribution in [0.15, 0.2) is 36.5 Å². The monoisotopic (exact) mass is 1070 g/mol. The van der Waals surface area contributed by atoms with Crippen molar-refractivity contribution in [3.63, 3.8) is 0 Å². The van der Waals surface area contributed by atoms with E-state index >= 15 is 0 Å². The van der Waals surface area contributed by atoms with Crippen molar-refractivity contribution in [2.24, 2.45) is 0 Å². The molecule has 446 valence electrons. The maximum Gasteiger partial charge on any atom is 0.306 e. The smallest absolute Gasteiger partial charge is 0.306 e. The first-order chi connectivity index (χ1) is 37.5. The van der Waals surface area contributed by atoms with Gasteiger partial charge in [-0.25, -0.2) is 0 Å². The first kappa shape index (κ1) is 73.6. The van der Waals surface area contributed by atoms with Gasteiger partial charge in [0.1, 0.15) is 13.2 Å². The molecule has 0 aliphatic heterocycles. The molecule has 0 aromatic heterocycles. The average molecular weight is 1070 g/mol. The minimum absolute atomic E-state index is 0.0721. The van der Waals surface area contributed by atoms with Crippen molar-refractivity contribution in [3.05, 3.63) is 36.5 Å². The Morgan fingerprint density at radius 3 is 0.658 bits per heavy atom. The van der Waals surface area contributed by atoms with Crippen molar-refractivity contribution in [2.45, 2.75) is 380 Å². The van der Waals surface area contributed by atoms with Crippen LogP contribution in [0.1, 0.15) is 374 Å². The lowest BCUT2D eigenvalue weighted by Gasteiger charge is -2.18. The molecule has 0 radical (unpaired) electrons. The number of hydrogen-bond acceptors (Lipinski definition) is 6. The summed E-state index contributed by atoms with van der Waals surface area (Å²) in [5.74, 6) is -0.855. The summed E-state index contributed by atoms with van der Waals surface area (Å²) in [6, 6.07) is 0. The highest BCUT2D eigenvalue weighted by molar-refractivity contribution is 5.71. The standard InChI is InChI=1S/C70H130O6/c1-4-7-10-13-16-19-22-25-28-31-34-35-37-39-42-45-48-51-54-57-60-63-69(72)75-66-67(65-74-68(71)62-59-56-53-50-47-44-41-38-33-30-27-24-21-18-15-12-9-6-3)76-70(73)64-61-58-55-52-49-46-43-40-36-32-29-26-23-20-17-14-11-8-5-2/h26,29-31,33-34,67H,4-25,27-28,32,35-66H2,1-3H3/b29-26-,33-30-,34-31-. The van der Waals surface area contributed by atoms with Crippen LogP contribution in [0.3, 0.4) is 0 Å². The predicted octanol–water partition coefficient (Wildman–Crippen LogP) is 23.2. The molecular formula is C70H130O6. The van der Waals surface area contributed by atoms with E-state index in [0.29, 0.717) is 19.3 Å². The Hall–Kier alpha value is -2.37. The molecule has 1 unspecified atom stereocenters. The minimum Gasteiger partial charge on any atom is -0.462 e. The van der Waals surface area contributed by atoms with Crippen LogP contribution in [0.4, 0.5) is 0 Å². The zero-order valence-corrected chi connectivity index (χ0v) is 51.3. The Balaban J connectivity index is 4.34. The molecule has 0 saturated heterocycles. The molecule has 76 heavy (non-hydrogen) atoms. The van der Waals surface area contributed by atoms with Crippen LogP contribution in [0.5, 0.6) is 0 Å². The van der Waals surface area contributed by atoms with E-state index in [2.05, 4.69) is 57.2 Å². The molecule has 6 heteroatoms. The lowest BCUT2D eigenvalue weighted by Crippen LogP contribution is -2.30. The lowest BCUT2D eigenvalue weighted by atomic mass is 10.1. The first-order valence-corrected chi connectivity index (χ1v) is 34.0. The highest BCUT2D eigenvalue weighted by atomic mass is 16.6. The normalized spacial score (nSPS) is 12.2. The molecule has 0 aliphatic carbocycles. The summed E-state index contributed by atoms with van der Waals surface area (Å²) in [6.45, 7) is 6.69. The van der Waals surface area contributed by atoms with Gasteiger partial charge in [0, 0.05) is 19.3 Å². The Kier molecular flexibility index (Phi) is 63.1. The Bertz CT molecular complexity index is 1270. The summed E-state index contributed by atoms with van der Waals surface area (Å²) in [5, 5.41) is 0. The summed E-state index contributed by atoms with van der Waals surface area (Å²) in [4.78, 5) is 38.4. The quantitative estimate of drug-likeness (QED) is 0.0261. The van der Waals surface area contributed by atoms with Gasteiger partial charge in [-0.05, 0) is 96.3 Å². The van der Waals surface area contributed by atoms with Gasteiger partial charge in [-0.2, -0.15) is 0 Å². The Morgan fingerprint density at radius 2 is 0.434 bits per heavy atom. The first-order valence-electron chi connectivity index (χ1n) is 34.0. The maximum atomic E-state index is 12.9. The van der Waals surface area contributed by atoms with Crippen LogP contribution in [0, 0.1) is 0 Å². The second-order valence-electron chi connectivity index (χ2n) is 23.1. The largest absolute Gasteiger partial charge is 0.462 e. The minimum atomic E-state index is -0.776. The van der Waals surface area contributed by atoms with E-state index in [9.17, 15) is 14.4 Å². The number of ether oxygens (including phenoxy) is 3. The summed E-state index contributed by atoms with van der Waals surface area (Å²) in [7, 11) is 0. The molecule has 1 atom stereocenters. The maximum absolute atomic E-state index is 12.9. The number of hydrogen-bond donors (Lipinski definition) is 0. The Labute approximate surface area is 474 Å². The molecule has 6 nitrogen and oxygen atoms in total. The Morgan fingerprint density at radius 1 is 0.250 bits per heavy atom. The third-order valence-electron chi connectivity index (χ3n) is 15.3. The number of rotatable bonds is 63. The van der Waals surface area contributed by atoms with Crippen LogP contribution in [-0.2, 0) is 28.6 Å². The summed E-state index contributed by atoms with van der Waals surface area (Å²) in [5.41, 5.74) is 0. The van der Waals surface area contributed by atoms with Crippen molar-refractivity contribution in [3.8, 4) is 0 Å². The van der Waals surface area contributed by atoms with Gasteiger partial charge in [0.25, 0.3) is 0 Å². The number of esters is 3. The van der Waals surface area contributed by atoms with Gasteiger partial charge in [-0.15, -0.1) is 0 Å². The van der Waals surface area contributed by atoms with Crippen LogP contribution >= 0.6 is 0 Å². The van der Waals surface area contributed by atoms with Crippen LogP contribution < -0.4 is 0 Å². The molecule has 0 heterocycles. The molecular weight excluding hydrogens is 937 g/mol.